The maximum absolute atomic E-state index is 12.0. The number of aromatic nitrogens is 2. The van der Waals surface area contributed by atoms with Crippen LogP contribution < -0.4 is 5.56 Å². The van der Waals surface area contributed by atoms with Gasteiger partial charge in [0.2, 0.25) is 0 Å². The molecule has 4 nitrogen and oxygen atoms in total. The third-order valence-electron chi connectivity index (χ3n) is 4.30. The van der Waals surface area contributed by atoms with Crippen molar-refractivity contribution in [2.75, 3.05) is 13.1 Å². The first-order valence-corrected chi connectivity index (χ1v) is 7.56. The highest BCUT2D eigenvalue weighted by molar-refractivity contribution is 5.63. The first kappa shape index (κ1) is 14.0. The summed E-state index contributed by atoms with van der Waals surface area (Å²) in [5.74, 6) is 0. The largest absolute Gasteiger partial charge is 0.297 e. The molecule has 1 aromatic heterocycles. The number of hydrogen-bond acceptors (Lipinski definition) is 3. The van der Waals surface area contributed by atoms with E-state index >= 15 is 0 Å². The lowest BCUT2D eigenvalue weighted by molar-refractivity contribution is 0.263. The zero-order chi connectivity index (χ0) is 14.8. The van der Waals surface area contributed by atoms with Crippen molar-refractivity contribution in [1.29, 1.82) is 0 Å². The summed E-state index contributed by atoms with van der Waals surface area (Å²) < 4.78 is 0. The Labute approximate surface area is 124 Å². The fourth-order valence-corrected chi connectivity index (χ4v) is 3.03. The molecular formula is C17H21N3O. The number of rotatable bonds is 3. The van der Waals surface area contributed by atoms with E-state index in [1.54, 1.807) is 0 Å². The molecule has 1 unspecified atom stereocenters. The zero-order valence-corrected chi connectivity index (χ0v) is 12.6. The van der Waals surface area contributed by atoms with Crippen LogP contribution in [0.25, 0.3) is 11.1 Å². The van der Waals surface area contributed by atoms with Gasteiger partial charge in [0, 0.05) is 6.04 Å². The first-order chi connectivity index (χ1) is 10.1. The molecule has 1 aliphatic rings. The van der Waals surface area contributed by atoms with E-state index in [1.165, 1.54) is 31.5 Å². The minimum atomic E-state index is -0.133. The Hall–Kier alpha value is -1.94. The fourth-order valence-electron chi connectivity index (χ4n) is 3.03. The average molecular weight is 283 g/mol. The molecule has 21 heavy (non-hydrogen) atoms. The zero-order valence-electron chi connectivity index (χ0n) is 12.6. The molecule has 2 aromatic rings. The molecule has 4 heteroatoms. The topological polar surface area (TPSA) is 49.0 Å². The van der Waals surface area contributed by atoms with Gasteiger partial charge in [-0.1, -0.05) is 18.2 Å². The number of benzene rings is 1. The molecule has 0 amide bonds. The number of likely N-dealkylation sites (tertiary alicyclic amines) is 1. The third kappa shape index (κ3) is 2.90. The van der Waals surface area contributed by atoms with Crippen molar-refractivity contribution in [3.05, 3.63) is 51.9 Å². The minimum absolute atomic E-state index is 0.133. The molecule has 0 radical (unpaired) electrons. The Balaban J connectivity index is 1.96. The van der Waals surface area contributed by atoms with Crippen LogP contribution in [0.2, 0.25) is 0 Å². The molecule has 1 atom stereocenters. The highest BCUT2D eigenvalue weighted by Gasteiger charge is 2.19. The molecule has 1 N–H and O–H groups in total. The van der Waals surface area contributed by atoms with Crippen molar-refractivity contribution >= 4 is 0 Å². The van der Waals surface area contributed by atoms with Gasteiger partial charge >= 0.3 is 0 Å². The van der Waals surface area contributed by atoms with E-state index in [-0.39, 0.29) is 5.56 Å². The Kier molecular flexibility index (Phi) is 3.88. The van der Waals surface area contributed by atoms with E-state index in [1.807, 2.05) is 25.1 Å². The van der Waals surface area contributed by atoms with E-state index < -0.39 is 0 Å². The van der Waals surface area contributed by atoms with Crippen LogP contribution >= 0.6 is 0 Å². The van der Waals surface area contributed by atoms with Gasteiger partial charge in [0.15, 0.2) is 0 Å². The van der Waals surface area contributed by atoms with Crippen LogP contribution in [0.15, 0.2) is 35.1 Å². The SMILES string of the molecule is Cc1cc(-c2cccc(C(C)N3CCCC3)c2)c(=O)[nH]n1. The highest BCUT2D eigenvalue weighted by Crippen LogP contribution is 2.27. The molecule has 0 bridgehead atoms. The second-order valence-corrected chi connectivity index (χ2v) is 5.80. The molecule has 1 fully saturated rings. The number of H-pyrrole nitrogens is 1. The molecule has 1 aromatic carbocycles. The monoisotopic (exact) mass is 283 g/mol. The van der Waals surface area contributed by atoms with Gasteiger partial charge in [-0.2, -0.15) is 5.10 Å². The number of aromatic amines is 1. The van der Waals surface area contributed by atoms with E-state index in [2.05, 4.69) is 34.2 Å². The molecule has 0 aliphatic carbocycles. The second-order valence-electron chi connectivity index (χ2n) is 5.80. The minimum Gasteiger partial charge on any atom is -0.297 e. The maximum Gasteiger partial charge on any atom is 0.272 e. The highest BCUT2D eigenvalue weighted by atomic mass is 16.1. The number of hydrogen-bond donors (Lipinski definition) is 1. The van der Waals surface area contributed by atoms with Gasteiger partial charge < -0.3 is 0 Å². The standard InChI is InChI=1S/C17H21N3O/c1-12-10-16(17(21)19-18-12)15-7-5-6-14(11-15)13(2)20-8-3-4-9-20/h5-7,10-11,13H,3-4,8-9H2,1-2H3,(H,19,21). The number of nitrogens with one attached hydrogen (secondary N) is 1. The van der Waals surface area contributed by atoms with Gasteiger partial charge in [0.1, 0.15) is 0 Å². The van der Waals surface area contributed by atoms with E-state index in [4.69, 9.17) is 0 Å². The Morgan fingerprint density at radius 2 is 2.00 bits per heavy atom. The summed E-state index contributed by atoms with van der Waals surface area (Å²) in [7, 11) is 0. The van der Waals surface area contributed by atoms with Crippen molar-refractivity contribution in [2.24, 2.45) is 0 Å². The van der Waals surface area contributed by atoms with Gasteiger partial charge in [0.05, 0.1) is 11.3 Å². The van der Waals surface area contributed by atoms with Gasteiger partial charge in [-0.15, -0.1) is 0 Å². The van der Waals surface area contributed by atoms with Crippen LogP contribution in [0, 0.1) is 6.92 Å². The fraction of sp³-hybridized carbons (Fsp3) is 0.412. The summed E-state index contributed by atoms with van der Waals surface area (Å²) in [5.41, 5.74) is 3.61. The van der Waals surface area contributed by atoms with Gasteiger partial charge in [-0.3, -0.25) is 9.69 Å². The summed E-state index contributed by atoms with van der Waals surface area (Å²) >= 11 is 0. The summed E-state index contributed by atoms with van der Waals surface area (Å²) in [6, 6.07) is 10.5. The normalized spacial score (nSPS) is 17.0. The van der Waals surface area contributed by atoms with Crippen molar-refractivity contribution < 1.29 is 0 Å². The van der Waals surface area contributed by atoms with Crippen LogP contribution in [-0.4, -0.2) is 28.2 Å². The quantitative estimate of drug-likeness (QED) is 0.942. The number of aryl methyl sites for hydroxylation is 1. The van der Waals surface area contributed by atoms with Crippen molar-refractivity contribution in [2.45, 2.75) is 32.7 Å². The van der Waals surface area contributed by atoms with Crippen LogP contribution in [0.5, 0.6) is 0 Å². The average Bonchev–Trinajstić information content (AvgIpc) is 3.03. The molecule has 0 saturated carbocycles. The molecule has 110 valence electrons. The number of nitrogens with zero attached hydrogens (tertiary/aromatic N) is 2. The molecular weight excluding hydrogens is 262 g/mol. The smallest absolute Gasteiger partial charge is 0.272 e. The second kappa shape index (κ2) is 5.82. The van der Waals surface area contributed by atoms with E-state index in [9.17, 15) is 4.79 Å². The van der Waals surface area contributed by atoms with Crippen LogP contribution in [-0.2, 0) is 0 Å². The summed E-state index contributed by atoms with van der Waals surface area (Å²) in [4.78, 5) is 14.5. The molecule has 0 spiro atoms. The molecule has 3 rings (SSSR count). The van der Waals surface area contributed by atoms with Crippen molar-refractivity contribution in [3.63, 3.8) is 0 Å². The first-order valence-electron chi connectivity index (χ1n) is 7.56. The lowest BCUT2D eigenvalue weighted by Crippen LogP contribution is -2.23. The van der Waals surface area contributed by atoms with Gasteiger partial charge in [-0.25, -0.2) is 5.10 Å². The predicted molar refractivity (Wildman–Crippen MR) is 84.3 cm³/mol. The van der Waals surface area contributed by atoms with Crippen LogP contribution in [0.4, 0.5) is 0 Å². The summed E-state index contributed by atoms with van der Waals surface area (Å²) in [6.07, 6.45) is 2.57. The lowest BCUT2D eigenvalue weighted by Gasteiger charge is -2.24. The lowest BCUT2D eigenvalue weighted by atomic mass is 10.0. The van der Waals surface area contributed by atoms with Crippen molar-refractivity contribution in [1.82, 2.24) is 15.1 Å². The van der Waals surface area contributed by atoms with E-state index in [0.717, 1.165) is 11.3 Å². The van der Waals surface area contributed by atoms with Crippen LogP contribution in [0.1, 0.15) is 37.1 Å². The summed E-state index contributed by atoms with van der Waals surface area (Å²) in [6.45, 7) is 6.46. The molecule has 2 heterocycles. The van der Waals surface area contributed by atoms with E-state index in [0.29, 0.717) is 11.6 Å². The third-order valence-corrected chi connectivity index (χ3v) is 4.30. The van der Waals surface area contributed by atoms with Crippen LogP contribution in [0.3, 0.4) is 0 Å². The van der Waals surface area contributed by atoms with Gasteiger partial charge in [-0.05, 0) is 63.0 Å². The maximum atomic E-state index is 12.0. The Bertz CT molecular complexity index is 686. The van der Waals surface area contributed by atoms with Crippen molar-refractivity contribution in [3.8, 4) is 11.1 Å². The van der Waals surface area contributed by atoms with Gasteiger partial charge in [0.25, 0.3) is 5.56 Å². The molecule has 1 aliphatic heterocycles. The Morgan fingerprint density at radius 3 is 2.76 bits per heavy atom. The summed E-state index contributed by atoms with van der Waals surface area (Å²) in [5, 5.41) is 6.49. The Morgan fingerprint density at radius 1 is 1.24 bits per heavy atom. The molecule has 1 saturated heterocycles. The predicted octanol–water partition coefficient (Wildman–Crippen LogP) is 2.90.